The molecule has 3 aromatic rings. The maximum absolute atomic E-state index is 13.1. The molecule has 3 heterocycles. The highest BCUT2D eigenvalue weighted by atomic mass is 16.7. The third-order valence-electron chi connectivity index (χ3n) is 5.28. The maximum Gasteiger partial charge on any atom is 0.210 e. The fraction of sp³-hybridized carbons (Fsp3) is 0.350. The second kappa shape index (κ2) is 5.37. The van der Waals surface area contributed by atoms with Gasteiger partial charge < -0.3 is 28.8 Å². The summed E-state index contributed by atoms with van der Waals surface area (Å²) in [4.78, 5) is 13.1. The van der Waals surface area contributed by atoms with Gasteiger partial charge in [0.2, 0.25) is 11.2 Å². The molecule has 2 aliphatic rings. The van der Waals surface area contributed by atoms with Crippen LogP contribution in [0.3, 0.4) is 0 Å². The summed E-state index contributed by atoms with van der Waals surface area (Å²) >= 11 is 0. The molecule has 0 spiro atoms. The zero-order chi connectivity index (χ0) is 18.9. The van der Waals surface area contributed by atoms with Gasteiger partial charge in [0.1, 0.15) is 39.2 Å². The van der Waals surface area contributed by atoms with E-state index in [0.717, 1.165) is 0 Å². The molecule has 1 fully saturated rings. The Kier molecular flexibility index (Phi) is 3.26. The van der Waals surface area contributed by atoms with Crippen molar-refractivity contribution in [3.05, 3.63) is 40.1 Å². The van der Waals surface area contributed by atoms with Gasteiger partial charge in [-0.1, -0.05) is 6.07 Å². The molecule has 7 heteroatoms. The van der Waals surface area contributed by atoms with Gasteiger partial charge in [-0.3, -0.25) is 4.79 Å². The topological polar surface area (TPSA) is 98.4 Å². The van der Waals surface area contributed by atoms with Crippen LogP contribution in [0.15, 0.2) is 33.5 Å². The molecule has 2 aromatic carbocycles. The number of phenolic OH excluding ortho intramolecular Hbond substituents is 1. The van der Waals surface area contributed by atoms with Crippen molar-refractivity contribution in [3.8, 4) is 17.2 Å². The quantitative estimate of drug-likeness (QED) is 0.636. The average molecular weight is 370 g/mol. The minimum Gasteiger partial charge on any atom is -0.506 e. The van der Waals surface area contributed by atoms with E-state index in [1.807, 2.05) is 0 Å². The van der Waals surface area contributed by atoms with Crippen molar-refractivity contribution in [3.63, 3.8) is 0 Å². The molecule has 140 valence electrons. The summed E-state index contributed by atoms with van der Waals surface area (Å²) in [5.41, 5.74) is 0.551. The van der Waals surface area contributed by atoms with Crippen LogP contribution in [0.4, 0.5) is 0 Å². The molecule has 0 radical (unpaired) electrons. The van der Waals surface area contributed by atoms with E-state index in [2.05, 4.69) is 0 Å². The van der Waals surface area contributed by atoms with Crippen LogP contribution in [-0.2, 0) is 4.74 Å². The van der Waals surface area contributed by atoms with Crippen LogP contribution in [0.2, 0.25) is 0 Å². The van der Waals surface area contributed by atoms with Crippen molar-refractivity contribution >= 4 is 21.9 Å². The number of methoxy groups -OCH3 is 1. The number of aliphatic hydroxyl groups is 1. The monoisotopic (exact) mass is 370 g/mol. The molecule has 1 saturated heterocycles. The molecule has 5 rings (SSSR count). The molecule has 3 atom stereocenters. The third kappa shape index (κ3) is 2.25. The highest BCUT2D eigenvalue weighted by Gasteiger charge is 2.46. The SMILES string of the molecule is COc1cccc2oc3cc4c(c(O)c3c(=O)c12)[C@H]1C[C@@H](O)C[C@](C)(O4)O1. The highest BCUT2D eigenvalue weighted by Crippen LogP contribution is 2.51. The number of benzene rings is 2. The predicted molar refractivity (Wildman–Crippen MR) is 96.3 cm³/mol. The van der Waals surface area contributed by atoms with E-state index in [1.54, 1.807) is 31.2 Å². The average Bonchev–Trinajstić information content (AvgIpc) is 2.59. The Morgan fingerprint density at radius 2 is 2.07 bits per heavy atom. The minimum absolute atomic E-state index is 0.0432. The largest absolute Gasteiger partial charge is 0.506 e. The fourth-order valence-corrected chi connectivity index (χ4v) is 4.20. The third-order valence-corrected chi connectivity index (χ3v) is 5.28. The van der Waals surface area contributed by atoms with Crippen LogP contribution < -0.4 is 14.9 Å². The summed E-state index contributed by atoms with van der Waals surface area (Å²) in [7, 11) is 1.47. The van der Waals surface area contributed by atoms with Crippen molar-refractivity contribution < 1.29 is 28.8 Å². The van der Waals surface area contributed by atoms with Crippen LogP contribution in [0.25, 0.3) is 21.9 Å². The van der Waals surface area contributed by atoms with Crippen LogP contribution >= 0.6 is 0 Å². The molecule has 0 saturated carbocycles. The van der Waals surface area contributed by atoms with Crippen molar-refractivity contribution in [2.75, 3.05) is 7.11 Å². The van der Waals surface area contributed by atoms with Crippen molar-refractivity contribution in [2.24, 2.45) is 0 Å². The Hall–Kier alpha value is -2.77. The Labute approximate surface area is 153 Å². The van der Waals surface area contributed by atoms with Gasteiger partial charge in [0.05, 0.1) is 24.9 Å². The van der Waals surface area contributed by atoms with E-state index in [4.69, 9.17) is 18.6 Å². The van der Waals surface area contributed by atoms with E-state index in [-0.39, 0.29) is 22.1 Å². The van der Waals surface area contributed by atoms with Gasteiger partial charge in [-0.2, -0.15) is 0 Å². The summed E-state index contributed by atoms with van der Waals surface area (Å²) in [5.74, 6) is -0.467. The van der Waals surface area contributed by atoms with Gasteiger partial charge in [-0.05, 0) is 12.1 Å². The van der Waals surface area contributed by atoms with Gasteiger partial charge >= 0.3 is 0 Å². The lowest BCUT2D eigenvalue weighted by atomic mass is 9.90. The first-order valence-corrected chi connectivity index (χ1v) is 8.74. The zero-order valence-corrected chi connectivity index (χ0v) is 14.8. The Morgan fingerprint density at radius 1 is 1.26 bits per heavy atom. The number of phenols is 1. The first kappa shape index (κ1) is 16.4. The number of aliphatic hydroxyl groups excluding tert-OH is 1. The molecule has 0 unspecified atom stereocenters. The molecule has 2 aliphatic heterocycles. The van der Waals surface area contributed by atoms with Gasteiger partial charge in [0, 0.05) is 25.8 Å². The lowest BCUT2D eigenvalue weighted by Crippen LogP contribution is -2.48. The molecular weight excluding hydrogens is 352 g/mol. The van der Waals surface area contributed by atoms with Crippen LogP contribution in [0, 0.1) is 0 Å². The first-order valence-electron chi connectivity index (χ1n) is 8.74. The molecular formula is C20H18O7. The van der Waals surface area contributed by atoms with Gasteiger partial charge in [-0.25, -0.2) is 0 Å². The molecule has 2 bridgehead atoms. The molecule has 2 N–H and O–H groups in total. The van der Waals surface area contributed by atoms with E-state index >= 15 is 0 Å². The smallest absolute Gasteiger partial charge is 0.210 e. The van der Waals surface area contributed by atoms with E-state index in [1.165, 1.54) is 7.11 Å². The molecule has 1 aromatic heterocycles. The van der Waals surface area contributed by atoms with Gasteiger partial charge in [0.25, 0.3) is 0 Å². The van der Waals surface area contributed by atoms with Gasteiger partial charge in [0.15, 0.2) is 0 Å². The Balaban J connectivity index is 1.86. The zero-order valence-electron chi connectivity index (χ0n) is 14.8. The van der Waals surface area contributed by atoms with Gasteiger partial charge in [-0.15, -0.1) is 0 Å². The second-order valence-corrected chi connectivity index (χ2v) is 7.21. The highest BCUT2D eigenvalue weighted by molar-refractivity contribution is 5.97. The molecule has 7 nitrogen and oxygen atoms in total. The summed E-state index contributed by atoms with van der Waals surface area (Å²) in [6, 6.07) is 6.67. The fourth-order valence-electron chi connectivity index (χ4n) is 4.20. The lowest BCUT2D eigenvalue weighted by Gasteiger charge is -2.45. The van der Waals surface area contributed by atoms with E-state index < -0.39 is 23.4 Å². The molecule has 0 amide bonds. The number of rotatable bonds is 1. The normalized spacial score (nSPS) is 26.6. The van der Waals surface area contributed by atoms with E-state index in [9.17, 15) is 15.0 Å². The summed E-state index contributed by atoms with van der Waals surface area (Å²) in [5, 5.41) is 21.4. The molecule has 27 heavy (non-hydrogen) atoms. The van der Waals surface area contributed by atoms with Crippen LogP contribution in [0.1, 0.15) is 31.4 Å². The number of hydrogen-bond acceptors (Lipinski definition) is 7. The van der Waals surface area contributed by atoms with Crippen molar-refractivity contribution in [2.45, 2.75) is 37.8 Å². The van der Waals surface area contributed by atoms with Crippen LogP contribution in [-0.4, -0.2) is 29.2 Å². The van der Waals surface area contributed by atoms with E-state index in [0.29, 0.717) is 35.5 Å². The minimum atomic E-state index is -0.990. The van der Waals surface area contributed by atoms with Crippen molar-refractivity contribution in [1.82, 2.24) is 0 Å². The number of hydrogen-bond donors (Lipinski definition) is 2. The molecule has 0 aliphatic carbocycles. The first-order chi connectivity index (χ1) is 12.9. The van der Waals surface area contributed by atoms with Crippen molar-refractivity contribution in [1.29, 1.82) is 0 Å². The summed E-state index contributed by atoms with van der Waals surface area (Å²) < 4.78 is 23.0. The standard InChI is InChI=1S/C20H18O7/c1-20-8-9(21)6-13(26-20)16-14(27-20)7-12-17(19(16)23)18(22)15-10(24-2)4-3-5-11(15)25-12/h3-5,7,9,13,21,23H,6,8H2,1-2H3/t9-,13-,20+/m1/s1. The second-order valence-electron chi connectivity index (χ2n) is 7.21. The predicted octanol–water partition coefficient (Wildman–Crippen LogP) is 2.98. The maximum atomic E-state index is 13.1. The Morgan fingerprint density at radius 3 is 2.85 bits per heavy atom. The number of fused-ring (bicyclic) bond motifs is 6. The number of ether oxygens (including phenoxy) is 3. The summed E-state index contributed by atoms with van der Waals surface area (Å²) in [6.45, 7) is 1.74. The summed E-state index contributed by atoms with van der Waals surface area (Å²) in [6.07, 6.45) is -0.557. The Bertz CT molecular complexity index is 1150. The lowest BCUT2D eigenvalue weighted by molar-refractivity contribution is -0.263. The number of aromatic hydroxyl groups is 1. The van der Waals surface area contributed by atoms with Crippen LogP contribution in [0.5, 0.6) is 17.2 Å².